The van der Waals surface area contributed by atoms with Gasteiger partial charge in [0.2, 0.25) is 5.71 Å². The van der Waals surface area contributed by atoms with Crippen molar-refractivity contribution in [1.29, 1.82) is 0 Å². The number of hydrogen-bond donors (Lipinski definition) is 2. The van der Waals surface area contributed by atoms with Gasteiger partial charge in [-0.3, -0.25) is 0 Å². The molecule has 2 N–H and O–H groups in total. The lowest BCUT2D eigenvalue weighted by Gasteiger charge is -2.38. The lowest BCUT2D eigenvalue weighted by atomic mass is 9.86. The van der Waals surface area contributed by atoms with E-state index in [0.29, 0.717) is 29.7 Å². The van der Waals surface area contributed by atoms with E-state index in [9.17, 15) is 20.0 Å². The van der Waals surface area contributed by atoms with Crippen molar-refractivity contribution in [2.45, 2.75) is 57.7 Å². The summed E-state index contributed by atoms with van der Waals surface area (Å²) in [5.74, 6) is -0.349. The van der Waals surface area contributed by atoms with E-state index < -0.39 is 11.2 Å². The van der Waals surface area contributed by atoms with Crippen molar-refractivity contribution in [2.75, 3.05) is 0 Å². The predicted octanol–water partition coefficient (Wildman–Crippen LogP) is 3.02. The molecule has 1 aliphatic heterocycles. The van der Waals surface area contributed by atoms with Crippen LogP contribution in [-0.2, 0) is 0 Å². The number of halogens is 1. The van der Waals surface area contributed by atoms with E-state index in [1.165, 1.54) is 12.1 Å². The van der Waals surface area contributed by atoms with Gasteiger partial charge in [0.05, 0.1) is 0 Å². The number of hydroxylamine groups is 3. The van der Waals surface area contributed by atoms with Crippen LogP contribution in [0.2, 0.25) is 0 Å². The second kappa shape index (κ2) is 5.53. The molecule has 0 bridgehead atoms. The molecule has 0 amide bonds. The zero-order chi connectivity index (χ0) is 17.7. The Kier molecular flexibility index (Phi) is 3.88. The Morgan fingerprint density at radius 1 is 1.33 bits per heavy atom. The third kappa shape index (κ3) is 2.08. The largest absolute Gasteiger partial charge is 0.622 e. The highest BCUT2D eigenvalue weighted by Gasteiger charge is 2.65. The van der Waals surface area contributed by atoms with Gasteiger partial charge in [-0.15, -0.1) is 5.06 Å². The number of benzene rings is 1. The normalized spacial score (nSPS) is 29.0. The molecule has 1 fully saturated rings. The summed E-state index contributed by atoms with van der Waals surface area (Å²) < 4.78 is 14.3. The Morgan fingerprint density at radius 3 is 2.67 bits per heavy atom. The smallest absolute Gasteiger partial charge is 0.293 e. The van der Waals surface area contributed by atoms with Crippen molar-refractivity contribution in [3.8, 4) is 0 Å². The lowest BCUT2D eigenvalue weighted by Crippen LogP contribution is -2.60. The molecule has 0 saturated heterocycles. The minimum atomic E-state index is -1.41. The summed E-state index contributed by atoms with van der Waals surface area (Å²) in [6.07, 6.45) is 2.34. The van der Waals surface area contributed by atoms with Crippen LogP contribution in [0.4, 0.5) is 4.39 Å². The van der Waals surface area contributed by atoms with Crippen LogP contribution in [0.5, 0.6) is 0 Å². The first-order chi connectivity index (χ1) is 11.3. The van der Waals surface area contributed by atoms with Crippen LogP contribution in [0.15, 0.2) is 23.4 Å². The van der Waals surface area contributed by atoms with Gasteiger partial charge in [-0.2, -0.15) is 4.74 Å². The van der Waals surface area contributed by atoms with Gasteiger partial charge in [0, 0.05) is 12.0 Å². The zero-order valence-electron chi connectivity index (χ0n) is 14.1. The third-order valence-corrected chi connectivity index (χ3v) is 5.20. The Balaban J connectivity index is 2.24. The molecule has 7 heteroatoms. The molecule has 0 aromatic heterocycles. The molecule has 1 heterocycles. The molecule has 1 saturated carbocycles. The van der Waals surface area contributed by atoms with Crippen LogP contribution >= 0.6 is 0 Å². The predicted molar refractivity (Wildman–Crippen MR) is 87.0 cm³/mol. The van der Waals surface area contributed by atoms with Crippen molar-refractivity contribution >= 4 is 11.4 Å². The second-order valence-electron chi connectivity index (χ2n) is 7.05. The monoisotopic (exact) mass is 335 g/mol. The van der Waals surface area contributed by atoms with Crippen LogP contribution in [0, 0.1) is 17.9 Å². The number of rotatable bonds is 1. The van der Waals surface area contributed by atoms with Gasteiger partial charge >= 0.3 is 0 Å². The summed E-state index contributed by atoms with van der Waals surface area (Å²) >= 11 is 0. The van der Waals surface area contributed by atoms with E-state index in [1.807, 2.05) is 0 Å². The summed E-state index contributed by atoms with van der Waals surface area (Å²) in [6, 6.07) is 4.45. The van der Waals surface area contributed by atoms with Crippen molar-refractivity contribution in [1.82, 2.24) is 5.06 Å². The van der Waals surface area contributed by atoms with Crippen LogP contribution in [0.1, 0.15) is 50.7 Å². The molecule has 2 aliphatic rings. The van der Waals surface area contributed by atoms with E-state index in [0.717, 1.165) is 22.6 Å². The van der Waals surface area contributed by atoms with Crippen molar-refractivity contribution in [3.63, 3.8) is 0 Å². The Labute approximate surface area is 140 Å². The van der Waals surface area contributed by atoms with E-state index >= 15 is 0 Å². The quantitative estimate of drug-likeness (QED) is 0.358. The highest BCUT2D eigenvalue weighted by molar-refractivity contribution is 6.07. The maximum atomic E-state index is 13.6. The van der Waals surface area contributed by atoms with Crippen molar-refractivity contribution < 1.29 is 19.5 Å². The minimum absolute atomic E-state index is 0.258. The maximum absolute atomic E-state index is 13.6. The molecule has 0 radical (unpaired) electrons. The lowest BCUT2D eigenvalue weighted by molar-refractivity contribution is -0.568. The molecule has 24 heavy (non-hydrogen) atoms. The molecule has 1 aromatic carbocycles. The fourth-order valence-electron chi connectivity index (χ4n) is 3.93. The molecule has 3 rings (SSSR count). The van der Waals surface area contributed by atoms with Gasteiger partial charge < -0.3 is 15.6 Å². The topological polar surface area (TPSA) is 82.1 Å². The van der Waals surface area contributed by atoms with Crippen LogP contribution in [0.25, 0.3) is 0 Å². The van der Waals surface area contributed by atoms with E-state index in [2.05, 4.69) is 5.16 Å². The molecule has 1 atom stereocenters. The molecule has 1 aromatic rings. The molecule has 1 spiro atoms. The van der Waals surface area contributed by atoms with E-state index in [4.69, 9.17) is 0 Å². The first-order valence-corrected chi connectivity index (χ1v) is 8.08. The maximum Gasteiger partial charge on any atom is 0.293 e. The minimum Gasteiger partial charge on any atom is -0.622 e. The molecule has 130 valence electrons. The Morgan fingerprint density at radius 2 is 2.04 bits per heavy atom. The third-order valence-electron chi connectivity index (χ3n) is 5.20. The van der Waals surface area contributed by atoms with E-state index in [-0.39, 0.29) is 11.5 Å². The Bertz CT molecular complexity index is 745. The number of aryl methyl sites for hydroxylation is 1. The first kappa shape index (κ1) is 16.9. The number of oxime groups is 1. The van der Waals surface area contributed by atoms with Crippen molar-refractivity contribution in [2.24, 2.45) is 5.16 Å². The van der Waals surface area contributed by atoms with Crippen molar-refractivity contribution in [3.05, 3.63) is 40.4 Å². The van der Waals surface area contributed by atoms with Crippen LogP contribution in [0.3, 0.4) is 0 Å². The van der Waals surface area contributed by atoms with E-state index in [1.54, 1.807) is 26.8 Å². The number of nitrogens with zero attached hydrogens (tertiary/aromatic N) is 3. The number of hydrogen-bond acceptors (Lipinski definition) is 5. The molecule has 6 nitrogen and oxygen atoms in total. The highest BCUT2D eigenvalue weighted by Crippen LogP contribution is 2.42. The fourth-order valence-corrected chi connectivity index (χ4v) is 3.93. The second-order valence-corrected chi connectivity index (χ2v) is 7.05. The zero-order valence-corrected chi connectivity index (χ0v) is 14.1. The average molecular weight is 335 g/mol. The highest BCUT2D eigenvalue weighted by atomic mass is 19.1. The summed E-state index contributed by atoms with van der Waals surface area (Å²) in [5, 5.41) is 37.8. The Hall–Kier alpha value is -1.99. The average Bonchev–Trinajstić information content (AvgIpc) is 2.70. The molecular weight excluding hydrogens is 313 g/mol. The van der Waals surface area contributed by atoms with Gasteiger partial charge in [0.25, 0.3) is 5.66 Å². The van der Waals surface area contributed by atoms with Gasteiger partial charge in [0.15, 0.2) is 0 Å². The SMILES string of the molecule is Cc1cc(C2=[N+]([O-])[C@]3(CCCC/C3=N/O)N(O)C2(C)C)ccc1F. The van der Waals surface area contributed by atoms with Gasteiger partial charge in [-0.25, -0.2) is 4.39 Å². The first-order valence-electron chi connectivity index (χ1n) is 8.08. The fraction of sp³-hybridized carbons (Fsp3) is 0.529. The van der Waals surface area contributed by atoms with Gasteiger partial charge in [-0.05, 0) is 63.8 Å². The van der Waals surface area contributed by atoms with Crippen LogP contribution in [-0.4, -0.2) is 42.8 Å². The summed E-state index contributed by atoms with van der Waals surface area (Å²) in [4.78, 5) is 0. The molecular formula is C17H22FN3O3. The standard InChI is InChI=1S/C17H22FN3O3/c1-11-10-12(7-8-13(11)18)15-16(2,3)21(24)17(20(15)23)9-5-4-6-14(17)19-22/h7-8,10,22,24H,4-6,9H2,1-3H3/b19-14-/t17-/m1/s1. The summed E-state index contributed by atoms with van der Waals surface area (Å²) in [6.45, 7) is 5.08. The summed E-state index contributed by atoms with van der Waals surface area (Å²) in [7, 11) is 0. The molecule has 0 unspecified atom stereocenters. The molecule has 1 aliphatic carbocycles. The summed E-state index contributed by atoms with van der Waals surface area (Å²) in [5.41, 5.74) is -0.862. The van der Waals surface area contributed by atoms with Crippen LogP contribution < -0.4 is 0 Å². The van der Waals surface area contributed by atoms with Gasteiger partial charge in [0.1, 0.15) is 17.1 Å². The van der Waals surface area contributed by atoms with Gasteiger partial charge in [-0.1, -0.05) is 5.16 Å².